The van der Waals surface area contributed by atoms with Crippen molar-refractivity contribution in [2.75, 3.05) is 12.8 Å². The zero-order chi connectivity index (χ0) is 24.7. The fourth-order valence-corrected chi connectivity index (χ4v) is 6.41. The fraction of sp³-hybridized carbons (Fsp3) is 0.929. The van der Waals surface area contributed by atoms with Crippen molar-refractivity contribution in [1.29, 1.82) is 0 Å². The lowest BCUT2D eigenvalue weighted by molar-refractivity contribution is -0.127. The number of hydrogen-bond acceptors (Lipinski definition) is 3. The molecular weight excluding hydrogens is 439 g/mol. The third-order valence-electron chi connectivity index (χ3n) is 7.30. The van der Waals surface area contributed by atoms with Crippen LogP contribution in [-0.2, 0) is 9.59 Å². The van der Waals surface area contributed by atoms with E-state index in [1.54, 1.807) is 7.05 Å². The summed E-state index contributed by atoms with van der Waals surface area (Å²) >= 11 is 1.84. The molecule has 1 aliphatic carbocycles. The predicted molar refractivity (Wildman–Crippen MR) is 152 cm³/mol. The van der Waals surface area contributed by atoms with E-state index in [1.807, 2.05) is 11.6 Å². The number of likely N-dealkylation sites (N-methyl/N-ethyl adjacent to an activating group) is 1. The second-order valence-corrected chi connectivity index (χ2v) is 11.6. The summed E-state index contributed by atoms with van der Waals surface area (Å²) in [7, 11) is 1.64. The van der Waals surface area contributed by atoms with Gasteiger partial charge in [-0.1, -0.05) is 141 Å². The van der Waals surface area contributed by atoms with Gasteiger partial charge in [-0.2, -0.15) is 0 Å². The summed E-state index contributed by atoms with van der Waals surface area (Å²) in [6, 6.07) is -0.423. The number of carbonyl (C=O) groups is 2. The van der Waals surface area contributed by atoms with E-state index in [9.17, 15) is 9.59 Å². The first-order chi connectivity index (χ1) is 16.6. The molecule has 0 saturated heterocycles. The van der Waals surface area contributed by atoms with Crippen molar-refractivity contribution in [3.05, 3.63) is 0 Å². The van der Waals surface area contributed by atoms with E-state index < -0.39 is 6.04 Å². The van der Waals surface area contributed by atoms with Gasteiger partial charge in [0.05, 0.1) is 0 Å². The second-order valence-electron chi connectivity index (χ2n) is 10.6. The van der Waals surface area contributed by atoms with Gasteiger partial charge in [-0.25, -0.2) is 11.6 Å². The average molecular weight is 495 g/mol. The molecule has 1 rings (SSSR count). The first kappa shape index (κ1) is 31.4. The molecule has 2 N–H and O–H groups in total. The Morgan fingerprint density at radius 2 is 1.06 bits per heavy atom. The van der Waals surface area contributed by atoms with E-state index >= 15 is 0 Å². The van der Waals surface area contributed by atoms with Crippen LogP contribution in [0, 0.1) is 0 Å². The summed E-state index contributed by atoms with van der Waals surface area (Å²) in [6.07, 6.45) is 29.5. The topological polar surface area (TPSA) is 58.2 Å². The van der Waals surface area contributed by atoms with Crippen molar-refractivity contribution in [2.24, 2.45) is 0 Å². The highest BCUT2D eigenvalue weighted by Crippen LogP contribution is 2.27. The molecule has 0 aromatic carbocycles. The fourth-order valence-electron chi connectivity index (χ4n) is 5.14. The van der Waals surface area contributed by atoms with Gasteiger partial charge in [0.1, 0.15) is 6.04 Å². The Morgan fingerprint density at radius 3 is 1.38 bits per heavy atom. The summed E-state index contributed by atoms with van der Waals surface area (Å²) in [6.45, 7) is 2.59. The lowest BCUT2D eigenvalue weighted by Gasteiger charge is -2.19. The summed E-state index contributed by atoms with van der Waals surface area (Å²) < 4.78 is 0. The van der Waals surface area contributed by atoms with E-state index in [2.05, 4.69) is 10.6 Å². The predicted octanol–water partition coefficient (Wildman–Crippen LogP) is 7.32. The van der Waals surface area contributed by atoms with E-state index in [0.29, 0.717) is 5.75 Å². The van der Waals surface area contributed by atoms with Crippen LogP contribution >= 0.6 is 11.6 Å². The number of rotatable bonds is 6. The molecule has 0 aromatic rings. The minimum atomic E-state index is -0.423. The lowest BCUT2D eigenvalue weighted by atomic mass is 9.77. The lowest BCUT2D eigenvalue weighted by Crippen LogP contribution is -2.46. The highest BCUT2D eigenvalue weighted by atomic mass is 32.2. The van der Waals surface area contributed by atoms with Gasteiger partial charge in [0.2, 0.25) is 11.8 Å². The molecule has 0 unspecified atom stereocenters. The standard InChI is InChI=1S/C28H55BN2O2S/c1-25(32)31-27(28(33)30-2)24-34-29-26-22-20-18-16-14-12-10-8-6-4-3-5-7-9-11-13-15-17-19-21-23-26/h26-27,29H,3-24H2,1-2H3,(H,30,33)(H,31,32)/t27-/m0/s1. The van der Waals surface area contributed by atoms with Crippen LogP contribution in [0.25, 0.3) is 0 Å². The molecule has 1 saturated carbocycles. The van der Waals surface area contributed by atoms with Crippen LogP contribution in [0.2, 0.25) is 5.82 Å². The van der Waals surface area contributed by atoms with Gasteiger partial charge in [0.15, 0.2) is 6.56 Å². The number of carbonyl (C=O) groups excluding carboxylic acids is 2. The SMILES string of the molecule is CNC(=O)[C@H](CSBC1CCCCCCCCCCCCCCCCCCCCC1)NC(C)=O. The van der Waals surface area contributed by atoms with Crippen molar-refractivity contribution in [3.8, 4) is 0 Å². The largest absolute Gasteiger partial charge is 0.357 e. The molecule has 0 radical (unpaired) electrons. The van der Waals surface area contributed by atoms with Gasteiger partial charge >= 0.3 is 0 Å². The van der Waals surface area contributed by atoms with Gasteiger partial charge in [0, 0.05) is 19.7 Å². The highest BCUT2D eigenvalue weighted by molar-refractivity contribution is 8.22. The monoisotopic (exact) mass is 494 g/mol. The Bertz CT molecular complexity index is 485. The molecule has 0 aliphatic heterocycles. The molecule has 1 fully saturated rings. The van der Waals surface area contributed by atoms with Crippen molar-refractivity contribution in [3.63, 3.8) is 0 Å². The normalized spacial score (nSPS) is 20.8. The Morgan fingerprint density at radius 1 is 0.706 bits per heavy atom. The van der Waals surface area contributed by atoms with E-state index in [1.165, 1.54) is 142 Å². The summed E-state index contributed by atoms with van der Waals surface area (Å²) in [4.78, 5) is 23.5. The minimum Gasteiger partial charge on any atom is -0.357 e. The zero-order valence-corrected chi connectivity index (χ0v) is 23.5. The molecule has 34 heavy (non-hydrogen) atoms. The molecule has 0 aromatic heterocycles. The van der Waals surface area contributed by atoms with Crippen LogP contribution < -0.4 is 10.6 Å². The van der Waals surface area contributed by atoms with Crippen molar-refractivity contribution >= 4 is 30.0 Å². The third kappa shape index (κ3) is 18.7. The van der Waals surface area contributed by atoms with E-state index in [-0.39, 0.29) is 11.8 Å². The Balaban J connectivity index is 2.40. The molecular formula is C28H55BN2O2S. The van der Waals surface area contributed by atoms with Crippen LogP contribution in [0.4, 0.5) is 0 Å². The average Bonchev–Trinajstić information content (AvgIpc) is 2.82. The van der Waals surface area contributed by atoms with Crippen LogP contribution in [0.1, 0.15) is 142 Å². The number of hydrogen-bond donors (Lipinski definition) is 2. The maximum absolute atomic E-state index is 12.1. The smallest absolute Gasteiger partial charge is 0.243 e. The van der Waals surface area contributed by atoms with Gasteiger partial charge in [-0.05, 0) is 0 Å². The van der Waals surface area contributed by atoms with Gasteiger partial charge < -0.3 is 10.6 Å². The number of nitrogens with one attached hydrogen (secondary N) is 2. The minimum absolute atomic E-state index is 0.0924. The summed E-state index contributed by atoms with van der Waals surface area (Å²) in [5.74, 6) is 1.18. The molecule has 2 amide bonds. The summed E-state index contributed by atoms with van der Waals surface area (Å²) in [5.41, 5.74) is 0. The van der Waals surface area contributed by atoms with Crippen LogP contribution in [0.3, 0.4) is 0 Å². The van der Waals surface area contributed by atoms with Crippen molar-refractivity contribution in [1.82, 2.24) is 10.6 Å². The van der Waals surface area contributed by atoms with Gasteiger partial charge in [-0.3, -0.25) is 9.59 Å². The molecule has 0 heterocycles. The molecule has 6 heteroatoms. The Labute approximate surface area is 216 Å². The van der Waals surface area contributed by atoms with Crippen LogP contribution in [0.15, 0.2) is 0 Å². The Hall–Kier alpha value is -0.645. The molecule has 4 nitrogen and oxygen atoms in total. The molecule has 198 valence electrons. The van der Waals surface area contributed by atoms with Crippen LogP contribution in [-0.4, -0.2) is 37.2 Å². The third-order valence-corrected chi connectivity index (χ3v) is 8.58. The van der Waals surface area contributed by atoms with Crippen LogP contribution in [0.5, 0.6) is 0 Å². The first-order valence-corrected chi connectivity index (χ1v) is 15.9. The quantitative estimate of drug-likeness (QED) is 0.381. The van der Waals surface area contributed by atoms with Gasteiger partial charge in [0.25, 0.3) is 0 Å². The van der Waals surface area contributed by atoms with E-state index in [4.69, 9.17) is 0 Å². The van der Waals surface area contributed by atoms with E-state index in [0.717, 1.165) is 12.4 Å². The maximum Gasteiger partial charge on any atom is 0.243 e. The second kappa shape index (κ2) is 22.8. The van der Waals surface area contributed by atoms with Crippen molar-refractivity contribution < 1.29 is 9.59 Å². The highest BCUT2D eigenvalue weighted by Gasteiger charge is 2.19. The molecule has 1 aliphatic rings. The first-order valence-electron chi connectivity index (χ1n) is 14.7. The zero-order valence-electron chi connectivity index (χ0n) is 22.6. The summed E-state index contributed by atoms with van der Waals surface area (Å²) in [5, 5.41) is 5.48. The van der Waals surface area contributed by atoms with Crippen molar-refractivity contribution in [2.45, 2.75) is 154 Å². The maximum atomic E-state index is 12.1. The molecule has 1 atom stereocenters. The van der Waals surface area contributed by atoms with Gasteiger partial charge in [-0.15, -0.1) is 0 Å². The molecule has 0 spiro atoms. The molecule has 0 bridgehead atoms. The Kier molecular flexibility index (Phi) is 21.0. The number of amides is 2.